The van der Waals surface area contributed by atoms with Gasteiger partial charge in [0, 0.05) is 0 Å². The zero-order chi connectivity index (χ0) is 8.41. The Morgan fingerprint density at radius 1 is 1.30 bits per heavy atom. The quantitative estimate of drug-likeness (QED) is 0.510. The lowest BCUT2D eigenvalue weighted by Crippen LogP contribution is -1.60. The van der Waals surface area contributed by atoms with Gasteiger partial charge in [-0.1, -0.05) is 50.3 Å². The minimum Gasteiger partial charge on any atom is -0.0991 e. The molecule has 0 amide bonds. The summed E-state index contributed by atoms with van der Waals surface area (Å²) >= 11 is 0. The molecule has 0 bridgehead atoms. The first-order valence-electron chi connectivity index (χ1n) is 3.73. The van der Waals surface area contributed by atoms with Crippen molar-refractivity contribution in [3.05, 3.63) is 36.5 Å². The normalized spacial score (nSPS) is 10.6. The molecule has 0 aromatic heterocycles. The van der Waals surface area contributed by atoms with Gasteiger partial charge in [-0.05, 0) is 13.8 Å². The van der Waals surface area contributed by atoms with Gasteiger partial charge in [0.1, 0.15) is 0 Å². The molecule has 0 saturated heterocycles. The van der Waals surface area contributed by atoms with Crippen molar-refractivity contribution in [1.82, 2.24) is 0 Å². The maximum absolute atomic E-state index is 3.55. The first-order valence-corrected chi connectivity index (χ1v) is 3.73. The topological polar surface area (TPSA) is 0 Å². The van der Waals surface area contributed by atoms with Crippen molar-refractivity contribution < 1.29 is 0 Å². The van der Waals surface area contributed by atoms with Crippen LogP contribution in [0.25, 0.3) is 0 Å². The van der Waals surface area contributed by atoms with E-state index in [0.29, 0.717) is 0 Å². The summed E-state index contributed by atoms with van der Waals surface area (Å²) in [5.41, 5.74) is 1.27. The fourth-order valence-corrected chi connectivity index (χ4v) is 0.316. The van der Waals surface area contributed by atoms with Gasteiger partial charge in [0.2, 0.25) is 0 Å². The molecule has 0 aliphatic carbocycles. The average Bonchev–Trinajstić information content (AvgIpc) is 2.04. The van der Waals surface area contributed by atoms with E-state index in [1.807, 2.05) is 32.9 Å². The minimum absolute atomic E-state index is 1.27. The molecular formula is C10H18. The number of allylic oxidation sites excluding steroid dienone is 5. The molecule has 0 atom stereocenters. The van der Waals surface area contributed by atoms with Gasteiger partial charge in [0.15, 0.2) is 0 Å². The predicted octanol–water partition coefficient (Wildman–Crippen LogP) is 3.72. The zero-order valence-electron chi connectivity index (χ0n) is 7.52. The summed E-state index contributed by atoms with van der Waals surface area (Å²) in [5.74, 6) is 0. The van der Waals surface area contributed by atoms with Crippen LogP contribution in [0.2, 0.25) is 0 Å². The molecule has 58 valence electrons. The minimum atomic E-state index is 1.27. The molecule has 0 aromatic rings. The Morgan fingerprint density at radius 2 is 1.80 bits per heavy atom. The Kier molecular flexibility index (Phi) is 13.2. The van der Waals surface area contributed by atoms with E-state index in [1.165, 1.54) is 5.57 Å². The van der Waals surface area contributed by atoms with Gasteiger partial charge in [0.25, 0.3) is 0 Å². The van der Waals surface area contributed by atoms with Crippen molar-refractivity contribution in [1.29, 1.82) is 0 Å². The van der Waals surface area contributed by atoms with Crippen LogP contribution in [0.5, 0.6) is 0 Å². The van der Waals surface area contributed by atoms with Crippen LogP contribution in [0.1, 0.15) is 27.7 Å². The summed E-state index contributed by atoms with van der Waals surface area (Å²) in [6.07, 6.45) is 7.77. The molecule has 0 radical (unpaired) electrons. The maximum Gasteiger partial charge on any atom is -0.0401 e. The molecule has 0 rings (SSSR count). The molecule has 0 heteroatoms. The van der Waals surface area contributed by atoms with Gasteiger partial charge < -0.3 is 0 Å². The van der Waals surface area contributed by atoms with Crippen molar-refractivity contribution in [2.75, 3.05) is 0 Å². The Morgan fingerprint density at radius 3 is 2.10 bits per heavy atom. The van der Waals surface area contributed by atoms with E-state index in [1.54, 1.807) is 6.08 Å². The van der Waals surface area contributed by atoms with Gasteiger partial charge in [-0.2, -0.15) is 0 Å². The molecule has 0 N–H and O–H groups in total. The number of hydrogen-bond donors (Lipinski definition) is 0. The number of hydrogen-bond acceptors (Lipinski definition) is 0. The lowest BCUT2D eigenvalue weighted by Gasteiger charge is -1.82. The highest BCUT2D eigenvalue weighted by Gasteiger charge is 1.70. The molecule has 0 fully saturated rings. The van der Waals surface area contributed by atoms with E-state index in [9.17, 15) is 0 Å². The molecule has 0 saturated carbocycles. The van der Waals surface area contributed by atoms with Crippen LogP contribution in [0.15, 0.2) is 36.5 Å². The average molecular weight is 138 g/mol. The number of rotatable bonds is 2. The van der Waals surface area contributed by atoms with E-state index >= 15 is 0 Å². The van der Waals surface area contributed by atoms with Crippen LogP contribution < -0.4 is 0 Å². The summed E-state index contributed by atoms with van der Waals surface area (Å²) in [7, 11) is 0. The first-order chi connectivity index (χ1) is 4.81. The molecular weight excluding hydrogens is 120 g/mol. The molecule has 0 spiro atoms. The van der Waals surface area contributed by atoms with Gasteiger partial charge >= 0.3 is 0 Å². The molecule has 0 aromatic carbocycles. The molecule has 10 heavy (non-hydrogen) atoms. The van der Waals surface area contributed by atoms with Crippen molar-refractivity contribution in [2.45, 2.75) is 27.7 Å². The SMILES string of the molecule is C=C/C=C\C(C)=C/C.CC. The van der Waals surface area contributed by atoms with E-state index in [4.69, 9.17) is 0 Å². The molecule has 0 aliphatic heterocycles. The van der Waals surface area contributed by atoms with Crippen LogP contribution in [0.4, 0.5) is 0 Å². The van der Waals surface area contributed by atoms with Crippen molar-refractivity contribution in [3.8, 4) is 0 Å². The zero-order valence-corrected chi connectivity index (χ0v) is 7.52. The highest BCUT2D eigenvalue weighted by atomic mass is 13.8. The van der Waals surface area contributed by atoms with E-state index in [2.05, 4.69) is 19.6 Å². The predicted molar refractivity (Wildman–Crippen MR) is 50.1 cm³/mol. The van der Waals surface area contributed by atoms with Crippen LogP contribution in [0.3, 0.4) is 0 Å². The van der Waals surface area contributed by atoms with Crippen molar-refractivity contribution >= 4 is 0 Å². The molecule has 0 unspecified atom stereocenters. The summed E-state index contributed by atoms with van der Waals surface area (Å²) in [5, 5.41) is 0. The van der Waals surface area contributed by atoms with Crippen molar-refractivity contribution in [3.63, 3.8) is 0 Å². The first kappa shape index (κ1) is 12.0. The van der Waals surface area contributed by atoms with Gasteiger partial charge in [-0.25, -0.2) is 0 Å². The Labute approximate surface area is 65.0 Å². The summed E-state index contributed by atoms with van der Waals surface area (Å²) in [6, 6.07) is 0. The third-order valence-electron chi connectivity index (χ3n) is 0.951. The molecule has 0 nitrogen and oxygen atoms in total. The maximum atomic E-state index is 3.55. The Hall–Kier alpha value is -0.780. The van der Waals surface area contributed by atoms with Crippen LogP contribution in [0, 0.1) is 0 Å². The molecule has 0 heterocycles. The lowest BCUT2D eigenvalue weighted by atomic mass is 10.3. The van der Waals surface area contributed by atoms with Crippen molar-refractivity contribution in [2.24, 2.45) is 0 Å². The fraction of sp³-hybridized carbons (Fsp3) is 0.400. The monoisotopic (exact) mass is 138 g/mol. The highest BCUT2D eigenvalue weighted by Crippen LogP contribution is 1.92. The fourth-order valence-electron chi connectivity index (χ4n) is 0.316. The van der Waals surface area contributed by atoms with Gasteiger partial charge in [-0.15, -0.1) is 0 Å². The van der Waals surface area contributed by atoms with Crippen LogP contribution in [-0.4, -0.2) is 0 Å². The Balaban J connectivity index is 0. The summed E-state index contributed by atoms with van der Waals surface area (Å²) in [4.78, 5) is 0. The molecule has 0 aliphatic rings. The third kappa shape index (κ3) is 10.3. The lowest BCUT2D eigenvalue weighted by molar-refractivity contribution is 1.48. The standard InChI is InChI=1S/C8H12.C2H6/c1-4-6-7-8(3)5-2;1-2/h4-7H,1H2,2-3H3;1-2H3/b7-6-,8-5-;. The van der Waals surface area contributed by atoms with E-state index in [-0.39, 0.29) is 0 Å². The second kappa shape index (κ2) is 11.1. The summed E-state index contributed by atoms with van der Waals surface area (Å²) < 4.78 is 0. The smallest absolute Gasteiger partial charge is 0.0401 e. The highest BCUT2D eigenvalue weighted by molar-refractivity contribution is 5.18. The Bertz CT molecular complexity index is 116. The van der Waals surface area contributed by atoms with Gasteiger partial charge in [0.05, 0.1) is 0 Å². The largest absolute Gasteiger partial charge is 0.0991 e. The van der Waals surface area contributed by atoms with E-state index in [0.717, 1.165) is 0 Å². The summed E-state index contributed by atoms with van der Waals surface area (Å²) in [6.45, 7) is 11.6. The third-order valence-corrected chi connectivity index (χ3v) is 0.951. The second-order valence-electron chi connectivity index (χ2n) is 1.63. The van der Waals surface area contributed by atoms with Gasteiger partial charge in [-0.3, -0.25) is 0 Å². The van der Waals surface area contributed by atoms with Crippen LogP contribution >= 0.6 is 0 Å². The second-order valence-corrected chi connectivity index (χ2v) is 1.63. The van der Waals surface area contributed by atoms with Crippen LogP contribution in [-0.2, 0) is 0 Å². The van der Waals surface area contributed by atoms with E-state index < -0.39 is 0 Å².